The summed E-state index contributed by atoms with van der Waals surface area (Å²) < 4.78 is 0. The second-order valence-corrected chi connectivity index (χ2v) is 6.14. The van der Waals surface area contributed by atoms with Crippen LogP contribution < -0.4 is 10.2 Å². The normalized spacial score (nSPS) is 12.7. The Kier molecular flexibility index (Phi) is 4.17. The Morgan fingerprint density at radius 2 is 1.80 bits per heavy atom. The summed E-state index contributed by atoms with van der Waals surface area (Å²) in [7, 11) is 0. The Morgan fingerprint density at radius 3 is 2.60 bits per heavy atom. The van der Waals surface area contributed by atoms with Crippen LogP contribution in [0.1, 0.15) is 11.1 Å². The number of para-hydroxylation sites is 1. The number of hydrogen-bond acceptors (Lipinski definition) is 3. The molecule has 0 fully saturated rings. The number of fused-ring (bicyclic) bond motifs is 1. The number of pyridine rings is 1. The maximum atomic E-state index is 12.1. The van der Waals surface area contributed by atoms with Gasteiger partial charge in [-0.05, 0) is 35.7 Å². The lowest BCUT2D eigenvalue weighted by atomic mass is 10.1. The molecule has 0 saturated heterocycles. The van der Waals surface area contributed by atoms with Gasteiger partial charge in [0.05, 0.1) is 18.3 Å². The van der Waals surface area contributed by atoms with Gasteiger partial charge >= 0.3 is 0 Å². The SMILES string of the molecule is O=C(Cc1ccccc1)Nc1ccc(N2CCc3ccccc32)cn1. The Morgan fingerprint density at radius 1 is 1.00 bits per heavy atom. The zero-order valence-electron chi connectivity index (χ0n) is 13.9. The van der Waals surface area contributed by atoms with Crippen molar-refractivity contribution in [3.05, 3.63) is 84.1 Å². The summed E-state index contributed by atoms with van der Waals surface area (Å²) in [5.74, 6) is 0.523. The number of rotatable bonds is 4. The second kappa shape index (κ2) is 6.77. The molecule has 25 heavy (non-hydrogen) atoms. The highest BCUT2D eigenvalue weighted by molar-refractivity contribution is 5.91. The Labute approximate surface area is 147 Å². The van der Waals surface area contributed by atoms with Crippen LogP contribution in [-0.4, -0.2) is 17.4 Å². The highest BCUT2D eigenvalue weighted by atomic mass is 16.1. The van der Waals surface area contributed by atoms with Crippen molar-refractivity contribution >= 4 is 23.1 Å². The first-order chi connectivity index (χ1) is 12.3. The van der Waals surface area contributed by atoms with Gasteiger partial charge in [0.25, 0.3) is 0 Å². The molecule has 0 spiro atoms. The summed E-state index contributed by atoms with van der Waals surface area (Å²) in [6.45, 7) is 0.959. The molecule has 0 saturated carbocycles. The van der Waals surface area contributed by atoms with Gasteiger partial charge in [0.15, 0.2) is 0 Å². The maximum Gasteiger partial charge on any atom is 0.229 e. The molecule has 0 aliphatic carbocycles. The van der Waals surface area contributed by atoms with Crippen LogP contribution in [0.25, 0.3) is 0 Å². The van der Waals surface area contributed by atoms with Crippen LogP contribution in [0.15, 0.2) is 72.9 Å². The zero-order chi connectivity index (χ0) is 17.1. The molecule has 0 bridgehead atoms. The molecule has 0 radical (unpaired) electrons. The van der Waals surface area contributed by atoms with Crippen molar-refractivity contribution in [3.8, 4) is 0 Å². The van der Waals surface area contributed by atoms with Gasteiger partial charge in [-0.2, -0.15) is 0 Å². The van der Waals surface area contributed by atoms with Crippen LogP contribution >= 0.6 is 0 Å². The molecule has 124 valence electrons. The van der Waals surface area contributed by atoms with Crippen LogP contribution in [-0.2, 0) is 17.6 Å². The van der Waals surface area contributed by atoms with Crippen molar-refractivity contribution in [2.45, 2.75) is 12.8 Å². The van der Waals surface area contributed by atoms with Crippen molar-refractivity contribution in [1.82, 2.24) is 4.98 Å². The number of aromatic nitrogens is 1. The fourth-order valence-corrected chi connectivity index (χ4v) is 3.19. The summed E-state index contributed by atoms with van der Waals surface area (Å²) in [6.07, 6.45) is 3.22. The van der Waals surface area contributed by atoms with Gasteiger partial charge in [-0.3, -0.25) is 4.79 Å². The molecule has 0 unspecified atom stereocenters. The van der Waals surface area contributed by atoms with Crippen molar-refractivity contribution in [2.24, 2.45) is 0 Å². The minimum atomic E-state index is -0.0574. The lowest BCUT2D eigenvalue weighted by Gasteiger charge is -2.19. The number of nitrogens with one attached hydrogen (secondary N) is 1. The summed E-state index contributed by atoms with van der Waals surface area (Å²) in [5.41, 5.74) is 4.64. The van der Waals surface area contributed by atoms with E-state index < -0.39 is 0 Å². The molecular weight excluding hydrogens is 310 g/mol. The zero-order valence-corrected chi connectivity index (χ0v) is 13.9. The lowest BCUT2D eigenvalue weighted by Crippen LogP contribution is -2.16. The van der Waals surface area contributed by atoms with E-state index in [4.69, 9.17) is 0 Å². The highest BCUT2D eigenvalue weighted by Gasteiger charge is 2.19. The quantitative estimate of drug-likeness (QED) is 0.788. The van der Waals surface area contributed by atoms with Gasteiger partial charge in [-0.15, -0.1) is 0 Å². The molecule has 1 aliphatic heterocycles. The van der Waals surface area contributed by atoms with Gasteiger partial charge in [-0.25, -0.2) is 4.98 Å². The number of carbonyl (C=O) groups excluding carboxylic acids is 1. The van der Waals surface area contributed by atoms with E-state index in [0.717, 1.165) is 24.2 Å². The van der Waals surface area contributed by atoms with E-state index in [9.17, 15) is 4.79 Å². The minimum Gasteiger partial charge on any atom is -0.340 e. The van der Waals surface area contributed by atoms with Crippen molar-refractivity contribution in [1.29, 1.82) is 0 Å². The molecule has 4 rings (SSSR count). The molecule has 4 heteroatoms. The third-order valence-corrected chi connectivity index (χ3v) is 4.42. The van der Waals surface area contributed by atoms with Crippen LogP contribution in [0, 0.1) is 0 Å². The predicted molar refractivity (Wildman–Crippen MR) is 100 cm³/mol. The van der Waals surface area contributed by atoms with Gasteiger partial charge in [0.2, 0.25) is 5.91 Å². The summed E-state index contributed by atoms with van der Waals surface area (Å²) in [6, 6.07) is 22.0. The number of hydrogen-bond donors (Lipinski definition) is 1. The van der Waals surface area contributed by atoms with Crippen LogP contribution in [0.3, 0.4) is 0 Å². The predicted octanol–water partition coefficient (Wildman–Crippen LogP) is 3.96. The second-order valence-electron chi connectivity index (χ2n) is 6.14. The lowest BCUT2D eigenvalue weighted by molar-refractivity contribution is -0.115. The molecule has 1 aromatic heterocycles. The average molecular weight is 329 g/mol. The molecule has 2 heterocycles. The smallest absolute Gasteiger partial charge is 0.229 e. The van der Waals surface area contributed by atoms with E-state index in [1.54, 1.807) is 0 Å². The topological polar surface area (TPSA) is 45.2 Å². The van der Waals surface area contributed by atoms with Gasteiger partial charge in [0, 0.05) is 12.2 Å². The van der Waals surface area contributed by atoms with E-state index in [0.29, 0.717) is 12.2 Å². The minimum absolute atomic E-state index is 0.0574. The van der Waals surface area contributed by atoms with Crippen LogP contribution in [0.2, 0.25) is 0 Å². The standard InChI is InChI=1S/C21H19N3O/c25-21(14-16-6-2-1-3-7-16)23-20-11-10-18(15-22-20)24-13-12-17-8-4-5-9-19(17)24/h1-11,15H,12-14H2,(H,22,23,25). The summed E-state index contributed by atoms with van der Waals surface area (Å²) in [4.78, 5) is 18.8. The first-order valence-corrected chi connectivity index (χ1v) is 8.45. The molecule has 3 aromatic rings. The molecule has 0 atom stereocenters. The van der Waals surface area contributed by atoms with Crippen LogP contribution in [0.4, 0.5) is 17.2 Å². The van der Waals surface area contributed by atoms with E-state index in [1.807, 2.05) is 48.7 Å². The average Bonchev–Trinajstić information content (AvgIpc) is 3.07. The molecule has 1 aliphatic rings. The molecule has 2 aromatic carbocycles. The van der Waals surface area contributed by atoms with Gasteiger partial charge < -0.3 is 10.2 Å². The van der Waals surface area contributed by atoms with Crippen molar-refractivity contribution in [3.63, 3.8) is 0 Å². The van der Waals surface area contributed by atoms with Crippen LogP contribution in [0.5, 0.6) is 0 Å². The van der Waals surface area contributed by atoms with Gasteiger partial charge in [-0.1, -0.05) is 48.5 Å². The maximum absolute atomic E-state index is 12.1. The number of amides is 1. The summed E-state index contributed by atoms with van der Waals surface area (Å²) in [5, 5.41) is 2.86. The molecule has 1 amide bonds. The first-order valence-electron chi connectivity index (χ1n) is 8.45. The Bertz CT molecular complexity index is 875. The number of anilines is 3. The Balaban J connectivity index is 1.43. The van der Waals surface area contributed by atoms with E-state index >= 15 is 0 Å². The fraction of sp³-hybridized carbons (Fsp3) is 0.143. The largest absolute Gasteiger partial charge is 0.340 e. The fourth-order valence-electron chi connectivity index (χ4n) is 3.19. The van der Waals surface area contributed by atoms with Gasteiger partial charge in [0.1, 0.15) is 5.82 Å². The highest BCUT2D eigenvalue weighted by Crippen LogP contribution is 2.33. The molecule has 1 N–H and O–H groups in total. The summed E-state index contributed by atoms with van der Waals surface area (Å²) >= 11 is 0. The number of nitrogens with zero attached hydrogens (tertiary/aromatic N) is 2. The van der Waals surface area contributed by atoms with E-state index in [2.05, 4.69) is 39.5 Å². The number of benzene rings is 2. The van der Waals surface area contributed by atoms with E-state index in [-0.39, 0.29) is 5.91 Å². The van der Waals surface area contributed by atoms with E-state index in [1.165, 1.54) is 11.3 Å². The third-order valence-electron chi connectivity index (χ3n) is 4.42. The number of carbonyl (C=O) groups is 1. The monoisotopic (exact) mass is 329 g/mol. The first kappa shape index (κ1) is 15.4. The Hall–Kier alpha value is -3.14. The third kappa shape index (κ3) is 3.38. The molecular formula is C21H19N3O. The molecule has 4 nitrogen and oxygen atoms in total. The van der Waals surface area contributed by atoms with Crippen molar-refractivity contribution in [2.75, 3.05) is 16.8 Å². The van der Waals surface area contributed by atoms with Crippen molar-refractivity contribution < 1.29 is 4.79 Å².